The molecule has 0 radical (unpaired) electrons. The van der Waals surface area contributed by atoms with Crippen LogP contribution in [0.2, 0.25) is 0 Å². The van der Waals surface area contributed by atoms with Crippen molar-refractivity contribution in [3.8, 4) is 17.6 Å². The smallest absolute Gasteiger partial charge is 0.197 e. The molecule has 0 saturated heterocycles. The Bertz CT molecular complexity index is 811. The van der Waals surface area contributed by atoms with Crippen LogP contribution in [0.3, 0.4) is 0 Å². The lowest BCUT2D eigenvalue weighted by Gasteiger charge is -2.35. The molecule has 1 aromatic carbocycles. The quantitative estimate of drug-likeness (QED) is 0.435. The standard InChI is InChI=1S/C22H24FNO2/c1-25-21-15-17(6-8-19(21)23)10-13-22(11-3-12-22)26-24-20-9-7-16-4-2-5-18(20)14-16/h6-8,15,18H,2-5,9,11-12,14H2,1H3/b24-20+/t18-/m1/s1. The molecule has 0 aliphatic heterocycles. The van der Waals surface area contributed by atoms with Crippen molar-refractivity contribution in [1.29, 1.82) is 0 Å². The number of fused-ring (bicyclic) bond motifs is 2. The fourth-order valence-corrected chi connectivity index (χ4v) is 3.90. The zero-order chi connectivity index (χ0) is 18.0. The minimum Gasteiger partial charge on any atom is -0.494 e. The van der Waals surface area contributed by atoms with E-state index >= 15 is 0 Å². The first-order valence-corrected chi connectivity index (χ1v) is 9.47. The largest absolute Gasteiger partial charge is 0.494 e. The van der Waals surface area contributed by atoms with Crippen LogP contribution in [-0.2, 0) is 4.84 Å². The Hall–Kier alpha value is -2.28. The van der Waals surface area contributed by atoms with Gasteiger partial charge in [-0.25, -0.2) is 4.39 Å². The molecule has 2 saturated carbocycles. The molecule has 3 aliphatic rings. The van der Waals surface area contributed by atoms with Gasteiger partial charge in [0.1, 0.15) is 0 Å². The van der Waals surface area contributed by atoms with Crippen molar-refractivity contribution in [1.82, 2.24) is 0 Å². The molecule has 3 nitrogen and oxygen atoms in total. The molecule has 1 atom stereocenters. The van der Waals surface area contributed by atoms with Gasteiger partial charge in [-0.3, -0.25) is 0 Å². The molecule has 0 amide bonds. The summed E-state index contributed by atoms with van der Waals surface area (Å²) in [5, 5.41) is 4.54. The number of methoxy groups -OCH3 is 1. The molecule has 3 aliphatic carbocycles. The summed E-state index contributed by atoms with van der Waals surface area (Å²) < 4.78 is 18.6. The molecule has 26 heavy (non-hydrogen) atoms. The fourth-order valence-electron chi connectivity index (χ4n) is 3.90. The molecule has 1 aromatic rings. The summed E-state index contributed by atoms with van der Waals surface area (Å²) in [7, 11) is 1.46. The molecule has 2 fully saturated rings. The van der Waals surface area contributed by atoms with Crippen LogP contribution in [-0.4, -0.2) is 18.4 Å². The highest BCUT2D eigenvalue weighted by atomic mass is 19.1. The summed E-state index contributed by atoms with van der Waals surface area (Å²) in [6.45, 7) is 0. The molecule has 0 N–H and O–H groups in total. The van der Waals surface area contributed by atoms with Crippen LogP contribution in [0.25, 0.3) is 0 Å². The number of nitrogens with zero attached hydrogens (tertiary/aromatic N) is 1. The van der Waals surface area contributed by atoms with Crippen molar-refractivity contribution in [2.24, 2.45) is 11.1 Å². The van der Waals surface area contributed by atoms with E-state index in [2.05, 4.69) is 23.1 Å². The fraction of sp³-hybridized carbons (Fsp3) is 0.500. The number of rotatable bonds is 3. The molecule has 136 valence electrons. The predicted octanol–water partition coefficient (Wildman–Crippen LogP) is 5.00. The van der Waals surface area contributed by atoms with Crippen LogP contribution < -0.4 is 4.74 Å². The molecule has 0 heterocycles. The van der Waals surface area contributed by atoms with Gasteiger partial charge in [-0.1, -0.05) is 22.7 Å². The van der Waals surface area contributed by atoms with Gasteiger partial charge >= 0.3 is 0 Å². The van der Waals surface area contributed by atoms with Gasteiger partial charge in [0, 0.05) is 30.7 Å². The van der Waals surface area contributed by atoms with Gasteiger partial charge in [-0.2, -0.15) is 0 Å². The Morgan fingerprint density at radius 2 is 2.15 bits per heavy atom. The normalized spacial score (nSPS) is 24.8. The van der Waals surface area contributed by atoms with E-state index in [-0.39, 0.29) is 11.6 Å². The van der Waals surface area contributed by atoms with E-state index in [1.807, 2.05) is 0 Å². The molecular weight excluding hydrogens is 329 g/mol. The molecule has 0 unspecified atom stereocenters. The second kappa shape index (κ2) is 7.15. The van der Waals surface area contributed by atoms with Crippen molar-refractivity contribution in [3.05, 3.63) is 41.2 Å². The van der Waals surface area contributed by atoms with Gasteiger partial charge in [-0.15, -0.1) is 0 Å². The summed E-state index contributed by atoms with van der Waals surface area (Å²) in [5.41, 5.74) is 2.99. The van der Waals surface area contributed by atoms with Gasteiger partial charge in [0.2, 0.25) is 0 Å². The highest BCUT2D eigenvalue weighted by Gasteiger charge is 2.39. The monoisotopic (exact) mass is 353 g/mol. The van der Waals surface area contributed by atoms with Crippen LogP contribution >= 0.6 is 0 Å². The SMILES string of the molecule is COc1cc(C#CC2(O/N=C3\CC=C4CCC[C@@H]3C4)CCC2)ccc1F. The van der Waals surface area contributed by atoms with E-state index in [4.69, 9.17) is 9.57 Å². The van der Waals surface area contributed by atoms with Gasteiger partial charge in [-0.05, 0) is 56.2 Å². The van der Waals surface area contributed by atoms with Crippen molar-refractivity contribution >= 4 is 5.71 Å². The van der Waals surface area contributed by atoms with Crippen LogP contribution in [0.1, 0.15) is 56.9 Å². The number of allylic oxidation sites excluding steroid dienone is 2. The summed E-state index contributed by atoms with van der Waals surface area (Å²) in [4.78, 5) is 5.98. The Kier molecular flexibility index (Phi) is 4.72. The van der Waals surface area contributed by atoms with Crippen LogP contribution in [0.15, 0.2) is 35.0 Å². The number of oxime groups is 1. The first-order chi connectivity index (χ1) is 12.7. The lowest BCUT2D eigenvalue weighted by molar-refractivity contribution is -0.0532. The Morgan fingerprint density at radius 3 is 2.92 bits per heavy atom. The van der Waals surface area contributed by atoms with Crippen molar-refractivity contribution in [2.75, 3.05) is 7.11 Å². The molecule has 0 spiro atoms. The maximum Gasteiger partial charge on any atom is 0.197 e. The number of ether oxygens (including phenoxy) is 1. The summed E-state index contributed by atoms with van der Waals surface area (Å²) in [6, 6.07) is 4.67. The highest BCUT2D eigenvalue weighted by Crippen LogP contribution is 2.38. The van der Waals surface area contributed by atoms with Gasteiger partial charge in [0.15, 0.2) is 17.2 Å². The van der Waals surface area contributed by atoms with Crippen molar-refractivity contribution in [2.45, 2.75) is 57.0 Å². The minimum absolute atomic E-state index is 0.211. The predicted molar refractivity (Wildman–Crippen MR) is 99.6 cm³/mol. The summed E-state index contributed by atoms with van der Waals surface area (Å²) >= 11 is 0. The van der Waals surface area contributed by atoms with Crippen molar-refractivity contribution < 1.29 is 14.0 Å². The van der Waals surface area contributed by atoms with Gasteiger partial charge in [0.25, 0.3) is 0 Å². The van der Waals surface area contributed by atoms with E-state index in [0.29, 0.717) is 5.92 Å². The lowest BCUT2D eigenvalue weighted by atomic mass is 9.77. The number of benzene rings is 1. The molecule has 2 bridgehead atoms. The van der Waals surface area contributed by atoms with E-state index in [0.717, 1.165) is 37.7 Å². The maximum absolute atomic E-state index is 13.5. The summed E-state index contributed by atoms with van der Waals surface area (Å²) in [5.74, 6) is 6.74. The van der Waals surface area contributed by atoms with Crippen LogP contribution in [0, 0.1) is 23.6 Å². The zero-order valence-electron chi connectivity index (χ0n) is 15.2. The van der Waals surface area contributed by atoms with Crippen LogP contribution in [0.4, 0.5) is 4.39 Å². The van der Waals surface area contributed by atoms with E-state index in [1.165, 1.54) is 38.2 Å². The minimum atomic E-state index is -0.493. The van der Waals surface area contributed by atoms with E-state index in [9.17, 15) is 4.39 Å². The highest BCUT2D eigenvalue weighted by molar-refractivity contribution is 5.89. The number of hydrogen-bond acceptors (Lipinski definition) is 3. The van der Waals surface area contributed by atoms with E-state index < -0.39 is 5.60 Å². The molecule has 4 rings (SSSR count). The third kappa shape index (κ3) is 3.49. The average molecular weight is 353 g/mol. The Labute approximate surface area is 154 Å². The lowest BCUT2D eigenvalue weighted by Crippen LogP contribution is -2.38. The van der Waals surface area contributed by atoms with Gasteiger partial charge in [0.05, 0.1) is 12.8 Å². The molecule has 4 heteroatoms. The number of halogens is 1. The molecule has 0 aromatic heterocycles. The Morgan fingerprint density at radius 1 is 1.27 bits per heavy atom. The maximum atomic E-state index is 13.5. The third-order valence-electron chi connectivity index (χ3n) is 5.71. The second-order valence-corrected chi connectivity index (χ2v) is 7.48. The first kappa shape index (κ1) is 17.1. The van der Waals surface area contributed by atoms with E-state index in [1.54, 1.807) is 17.7 Å². The average Bonchev–Trinajstić information content (AvgIpc) is 2.63. The van der Waals surface area contributed by atoms with Gasteiger partial charge < -0.3 is 9.57 Å². The Balaban J connectivity index is 1.49. The summed E-state index contributed by atoms with van der Waals surface area (Å²) in [6.07, 6.45) is 11.0. The topological polar surface area (TPSA) is 30.8 Å². The first-order valence-electron chi connectivity index (χ1n) is 9.47. The zero-order valence-corrected chi connectivity index (χ0v) is 15.2. The van der Waals surface area contributed by atoms with Crippen molar-refractivity contribution in [3.63, 3.8) is 0 Å². The third-order valence-corrected chi connectivity index (χ3v) is 5.71. The molecular formula is C22H24FNO2. The van der Waals surface area contributed by atoms with Crippen LogP contribution in [0.5, 0.6) is 5.75 Å². The number of hydrogen-bond donors (Lipinski definition) is 0. The second-order valence-electron chi connectivity index (χ2n) is 7.48.